The maximum absolute atomic E-state index is 12.8. The molecule has 3 aromatic rings. The minimum atomic E-state index is -4.31. The third kappa shape index (κ3) is 5.39. The lowest BCUT2D eigenvalue weighted by Crippen LogP contribution is -2.28. The number of hydrogen-bond donors (Lipinski definition) is 1. The molecule has 1 fully saturated rings. The monoisotopic (exact) mass is 435 g/mol. The van der Waals surface area contributed by atoms with Crippen LogP contribution >= 0.6 is 23.3 Å². The first-order valence-electron chi connectivity index (χ1n) is 9.29. The molecule has 1 N–H and O–H groups in total. The van der Waals surface area contributed by atoms with Crippen molar-refractivity contribution in [3.05, 3.63) is 70.5 Å². The van der Waals surface area contributed by atoms with Gasteiger partial charge < -0.3 is 0 Å². The molecule has 1 unspecified atom stereocenters. The second-order valence-corrected chi connectivity index (χ2v) is 8.81. The van der Waals surface area contributed by atoms with Crippen LogP contribution in [0.2, 0.25) is 0 Å². The van der Waals surface area contributed by atoms with Gasteiger partial charge >= 0.3 is 6.18 Å². The number of rotatable bonds is 6. The van der Waals surface area contributed by atoms with E-state index in [1.165, 1.54) is 24.1 Å². The summed E-state index contributed by atoms with van der Waals surface area (Å²) in [5.74, 6) is 0. The predicted octanol–water partition coefficient (Wildman–Crippen LogP) is 5.70. The van der Waals surface area contributed by atoms with Gasteiger partial charge in [0.1, 0.15) is 5.01 Å². The Kier molecular flexibility index (Phi) is 6.24. The minimum absolute atomic E-state index is 0.239. The average molecular weight is 436 g/mol. The molecule has 0 aliphatic carbocycles. The van der Waals surface area contributed by atoms with E-state index in [9.17, 15) is 13.2 Å². The van der Waals surface area contributed by atoms with Crippen LogP contribution in [-0.2, 0) is 12.7 Å². The van der Waals surface area contributed by atoms with Crippen LogP contribution < -0.4 is 4.72 Å². The number of halogens is 3. The molecular weight excluding hydrogens is 415 g/mol. The van der Waals surface area contributed by atoms with Gasteiger partial charge in [0.2, 0.25) is 0 Å². The van der Waals surface area contributed by atoms with Crippen LogP contribution in [0.15, 0.2) is 64.9 Å². The van der Waals surface area contributed by atoms with E-state index in [-0.39, 0.29) is 6.04 Å². The molecule has 1 saturated heterocycles. The van der Waals surface area contributed by atoms with Gasteiger partial charge in [-0.05, 0) is 36.6 Å². The fourth-order valence-corrected chi connectivity index (χ4v) is 4.95. The van der Waals surface area contributed by atoms with Crippen molar-refractivity contribution in [2.75, 3.05) is 13.1 Å². The predicted molar refractivity (Wildman–Crippen MR) is 112 cm³/mol. The van der Waals surface area contributed by atoms with E-state index >= 15 is 0 Å². The number of nitrogens with one attached hydrogen (secondary N) is 1. The van der Waals surface area contributed by atoms with Crippen molar-refractivity contribution in [2.45, 2.75) is 30.1 Å². The van der Waals surface area contributed by atoms with Crippen LogP contribution in [-0.4, -0.2) is 29.0 Å². The second-order valence-electron chi connectivity index (χ2n) is 6.96. The van der Waals surface area contributed by atoms with Crippen molar-refractivity contribution in [2.24, 2.45) is 0 Å². The molecule has 0 bridgehead atoms. The molecule has 2 aromatic carbocycles. The summed E-state index contributed by atoms with van der Waals surface area (Å²) < 4.78 is 41.8. The van der Waals surface area contributed by atoms with E-state index in [1.54, 1.807) is 17.4 Å². The van der Waals surface area contributed by atoms with Crippen molar-refractivity contribution in [3.8, 4) is 11.3 Å². The Balaban J connectivity index is 1.28. The Morgan fingerprint density at radius 2 is 1.97 bits per heavy atom. The van der Waals surface area contributed by atoms with E-state index in [2.05, 4.69) is 27.1 Å². The largest absolute Gasteiger partial charge is 0.416 e. The third-order valence-corrected chi connectivity index (χ3v) is 6.53. The number of benzene rings is 2. The van der Waals surface area contributed by atoms with Gasteiger partial charge in [0.25, 0.3) is 0 Å². The van der Waals surface area contributed by atoms with Crippen molar-refractivity contribution < 1.29 is 13.2 Å². The Morgan fingerprint density at radius 3 is 2.76 bits per heavy atom. The standard InChI is InChI=1S/C21H20F3N3S2/c22-21(23,24)16-7-4-8-18(11-16)29-26-17-9-10-27(12-17)13-20-25-19(14-28-20)15-5-2-1-3-6-15/h1-8,11,14,17,26H,9-10,12-13H2. The molecule has 1 aromatic heterocycles. The van der Waals surface area contributed by atoms with Gasteiger partial charge in [-0.15, -0.1) is 11.3 Å². The van der Waals surface area contributed by atoms with Gasteiger partial charge in [0, 0.05) is 35.0 Å². The molecule has 1 aliphatic heterocycles. The highest BCUT2D eigenvalue weighted by molar-refractivity contribution is 7.97. The van der Waals surface area contributed by atoms with Crippen LogP contribution in [0.25, 0.3) is 11.3 Å². The number of nitrogens with zero attached hydrogens (tertiary/aromatic N) is 2. The lowest BCUT2D eigenvalue weighted by molar-refractivity contribution is -0.137. The lowest BCUT2D eigenvalue weighted by atomic mass is 10.2. The lowest BCUT2D eigenvalue weighted by Gasteiger charge is -2.15. The fraction of sp³-hybridized carbons (Fsp3) is 0.286. The SMILES string of the molecule is FC(F)(F)c1cccc(SNC2CCN(Cc3nc(-c4ccccc4)cs3)C2)c1. The molecule has 0 radical (unpaired) electrons. The third-order valence-electron chi connectivity index (χ3n) is 4.76. The second kappa shape index (κ2) is 8.87. The van der Waals surface area contributed by atoms with Crippen molar-refractivity contribution >= 4 is 23.3 Å². The van der Waals surface area contributed by atoms with Gasteiger partial charge in [0.05, 0.1) is 17.8 Å². The van der Waals surface area contributed by atoms with E-state index in [0.717, 1.165) is 48.4 Å². The molecule has 1 aliphatic rings. The summed E-state index contributed by atoms with van der Waals surface area (Å²) >= 11 is 2.93. The summed E-state index contributed by atoms with van der Waals surface area (Å²) in [4.78, 5) is 7.65. The van der Waals surface area contributed by atoms with Crippen molar-refractivity contribution in [1.29, 1.82) is 0 Å². The zero-order valence-corrected chi connectivity index (χ0v) is 17.2. The highest BCUT2D eigenvalue weighted by Gasteiger charge is 2.30. The van der Waals surface area contributed by atoms with Crippen LogP contribution in [0.5, 0.6) is 0 Å². The van der Waals surface area contributed by atoms with E-state index < -0.39 is 11.7 Å². The summed E-state index contributed by atoms with van der Waals surface area (Å²) in [6.07, 6.45) is -3.35. The van der Waals surface area contributed by atoms with Crippen LogP contribution in [0.4, 0.5) is 13.2 Å². The summed E-state index contributed by atoms with van der Waals surface area (Å²) in [6, 6.07) is 15.8. The molecule has 2 heterocycles. The number of alkyl halides is 3. The highest BCUT2D eigenvalue weighted by Crippen LogP contribution is 2.31. The van der Waals surface area contributed by atoms with Gasteiger partial charge in [-0.3, -0.25) is 9.62 Å². The number of aromatic nitrogens is 1. The fourth-order valence-electron chi connectivity index (χ4n) is 3.28. The molecule has 4 rings (SSSR count). The van der Waals surface area contributed by atoms with Crippen molar-refractivity contribution in [3.63, 3.8) is 0 Å². The summed E-state index contributed by atoms with van der Waals surface area (Å²) in [5, 5.41) is 3.16. The molecule has 0 saturated carbocycles. The van der Waals surface area contributed by atoms with Gasteiger partial charge in [-0.1, -0.05) is 36.4 Å². The molecule has 1 atom stereocenters. The maximum Gasteiger partial charge on any atom is 0.416 e. The first kappa shape index (κ1) is 20.4. The molecule has 0 amide bonds. The van der Waals surface area contributed by atoms with E-state index in [0.29, 0.717) is 4.90 Å². The summed E-state index contributed by atoms with van der Waals surface area (Å²) in [7, 11) is 0. The smallest absolute Gasteiger partial charge is 0.295 e. The first-order chi connectivity index (χ1) is 14.0. The van der Waals surface area contributed by atoms with Crippen LogP contribution in [0.3, 0.4) is 0 Å². The van der Waals surface area contributed by atoms with Crippen LogP contribution in [0, 0.1) is 0 Å². The zero-order chi connectivity index (χ0) is 20.3. The molecule has 29 heavy (non-hydrogen) atoms. The Hall–Kier alpha value is -1.87. The zero-order valence-electron chi connectivity index (χ0n) is 15.5. The topological polar surface area (TPSA) is 28.2 Å². The Labute approximate surface area is 176 Å². The van der Waals surface area contributed by atoms with E-state index in [1.807, 2.05) is 18.2 Å². The highest BCUT2D eigenvalue weighted by atomic mass is 32.2. The van der Waals surface area contributed by atoms with Gasteiger partial charge in [0.15, 0.2) is 0 Å². The van der Waals surface area contributed by atoms with Crippen molar-refractivity contribution in [1.82, 2.24) is 14.6 Å². The van der Waals surface area contributed by atoms with Crippen LogP contribution in [0.1, 0.15) is 17.0 Å². The molecule has 152 valence electrons. The summed E-state index contributed by atoms with van der Waals surface area (Å²) in [5.41, 5.74) is 1.50. The summed E-state index contributed by atoms with van der Waals surface area (Å²) in [6.45, 7) is 2.59. The molecular formula is C21H20F3N3S2. The molecule has 3 nitrogen and oxygen atoms in total. The normalized spacial score (nSPS) is 17.7. The quantitative estimate of drug-likeness (QED) is 0.503. The molecule has 8 heteroatoms. The Bertz CT molecular complexity index is 944. The maximum atomic E-state index is 12.8. The average Bonchev–Trinajstić information content (AvgIpc) is 3.37. The minimum Gasteiger partial charge on any atom is -0.295 e. The Morgan fingerprint density at radius 1 is 1.14 bits per heavy atom. The number of thiazole rings is 1. The van der Waals surface area contributed by atoms with Gasteiger partial charge in [-0.25, -0.2) is 4.98 Å². The number of hydrogen-bond acceptors (Lipinski definition) is 5. The van der Waals surface area contributed by atoms with E-state index in [4.69, 9.17) is 4.98 Å². The first-order valence-corrected chi connectivity index (χ1v) is 11.0. The molecule has 0 spiro atoms. The number of likely N-dealkylation sites (tertiary alicyclic amines) is 1. The van der Waals surface area contributed by atoms with Gasteiger partial charge in [-0.2, -0.15) is 13.2 Å².